The summed E-state index contributed by atoms with van der Waals surface area (Å²) in [4.78, 5) is 24.5. The van der Waals surface area contributed by atoms with Crippen molar-refractivity contribution in [3.05, 3.63) is 34.9 Å². The minimum absolute atomic E-state index is 0.111. The average Bonchev–Trinajstić information content (AvgIpc) is 3.16. The van der Waals surface area contributed by atoms with E-state index in [4.69, 9.17) is 16.7 Å². The number of carbonyl (C=O) groups is 2. The van der Waals surface area contributed by atoms with Gasteiger partial charge in [-0.15, -0.1) is 0 Å². The highest BCUT2D eigenvalue weighted by molar-refractivity contribution is 6.30. The first-order chi connectivity index (χ1) is 8.91. The lowest BCUT2D eigenvalue weighted by molar-refractivity contribution is -0.142. The molecule has 1 N–H and O–H groups in total. The molecule has 0 radical (unpaired) electrons. The van der Waals surface area contributed by atoms with Crippen LogP contribution >= 0.6 is 11.6 Å². The van der Waals surface area contributed by atoms with Gasteiger partial charge in [0.15, 0.2) is 0 Å². The Bertz CT molecular complexity index is 517. The third-order valence-electron chi connectivity index (χ3n) is 3.68. The molecule has 102 valence electrons. The number of rotatable bonds is 4. The van der Waals surface area contributed by atoms with E-state index in [2.05, 4.69) is 0 Å². The molecule has 5 heteroatoms. The average molecular weight is 282 g/mol. The van der Waals surface area contributed by atoms with Crippen molar-refractivity contribution < 1.29 is 14.7 Å². The first kappa shape index (κ1) is 13.9. The number of aliphatic carboxylic acids is 1. The second kappa shape index (κ2) is 5.21. The van der Waals surface area contributed by atoms with Gasteiger partial charge in [-0.3, -0.25) is 9.59 Å². The fourth-order valence-corrected chi connectivity index (χ4v) is 2.38. The Morgan fingerprint density at radius 3 is 2.63 bits per heavy atom. The normalized spacial score (nSPS) is 22.7. The Balaban J connectivity index is 2.05. The predicted molar refractivity (Wildman–Crippen MR) is 71.9 cm³/mol. The van der Waals surface area contributed by atoms with Crippen LogP contribution in [0.1, 0.15) is 24.9 Å². The number of halogens is 1. The molecule has 0 aromatic heterocycles. The minimum Gasteiger partial charge on any atom is -0.481 e. The molecule has 0 aliphatic heterocycles. The zero-order valence-corrected chi connectivity index (χ0v) is 11.6. The van der Waals surface area contributed by atoms with Crippen LogP contribution < -0.4 is 0 Å². The van der Waals surface area contributed by atoms with Crippen molar-refractivity contribution in [2.45, 2.75) is 19.4 Å². The molecule has 1 aromatic carbocycles. The molecule has 1 saturated carbocycles. The molecule has 1 fully saturated rings. The monoisotopic (exact) mass is 281 g/mol. The SMILES string of the molecule is CC(c1cccc(Cl)c1)N(C)C(=O)C1CC1C(=O)O. The highest BCUT2D eigenvalue weighted by Crippen LogP contribution is 2.41. The molecule has 2 rings (SSSR count). The summed E-state index contributed by atoms with van der Waals surface area (Å²) in [5.74, 6) is -1.88. The fraction of sp³-hybridized carbons (Fsp3) is 0.429. The molecule has 3 unspecified atom stereocenters. The summed E-state index contributed by atoms with van der Waals surface area (Å²) in [5, 5.41) is 9.48. The number of hydrogen-bond donors (Lipinski definition) is 1. The van der Waals surface area contributed by atoms with Crippen LogP contribution in [0.2, 0.25) is 5.02 Å². The van der Waals surface area contributed by atoms with Gasteiger partial charge in [-0.2, -0.15) is 0 Å². The van der Waals surface area contributed by atoms with Gasteiger partial charge in [-0.25, -0.2) is 0 Å². The van der Waals surface area contributed by atoms with Gasteiger partial charge in [0.05, 0.1) is 17.9 Å². The summed E-state index contributed by atoms with van der Waals surface area (Å²) in [6.07, 6.45) is 0.445. The van der Waals surface area contributed by atoms with Crippen LogP contribution in [0, 0.1) is 11.8 Å². The van der Waals surface area contributed by atoms with Crippen molar-refractivity contribution in [2.75, 3.05) is 7.05 Å². The van der Waals surface area contributed by atoms with Crippen molar-refractivity contribution in [3.8, 4) is 0 Å². The number of hydrogen-bond acceptors (Lipinski definition) is 2. The van der Waals surface area contributed by atoms with E-state index in [9.17, 15) is 9.59 Å². The maximum absolute atomic E-state index is 12.1. The van der Waals surface area contributed by atoms with E-state index in [0.29, 0.717) is 11.4 Å². The lowest BCUT2D eigenvalue weighted by Crippen LogP contribution is -2.31. The Kier molecular flexibility index (Phi) is 3.80. The van der Waals surface area contributed by atoms with E-state index >= 15 is 0 Å². The van der Waals surface area contributed by atoms with Crippen molar-refractivity contribution in [1.29, 1.82) is 0 Å². The maximum Gasteiger partial charge on any atom is 0.307 e. The lowest BCUT2D eigenvalue weighted by atomic mass is 10.1. The topological polar surface area (TPSA) is 57.6 Å². The standard InChI is InChI=1S/C14H16ClNO3/c1-8(9-4-3-5-10(15)6-9)16(2)13(17)11-7-12(11)14(18)19/h3-6,8,11-12H,7H2,1-2H3,(H,18,19). The van der Waals surface area contributed by atoms with E-state index in [-0.39, 0.29) is 17.9 Å². The van der Waals surface area contributed by atoms with Gasteiger partial charge in [0.2, 0.25) is 5.91 Å². The Hall–Kier alpha value is -1.55. The van der Waals surface area contributed by atoms with E-state index in [1.54, 1.807) is 18.0 Å². The third kappa shape index (κ3) is 2.89. The number of carboxylic acids is 1. The smallest absolute Gasteiger partial charge is 0.307 e. The van der Waals surface area contributed by atoms with Crippen LogP contribution in [0.4, 0.5) is 0 Å². The summed E-state index contributed by atoms with van der Waals surface area (Å²) in [7, 11) is 1.70. The lowest BCUT2D eigenvalue weighted by Gasteiger charge is -2.25. The zero-order chi connectivity index (χ0) is 14.2. The van der Waals surface area contributed by atoms with Crippen LogP contribution in [0.3, 0.4) is 0 Å². The van der Waals surface area contributed by atoms with Gasteiger partial charge in [0.1, 0.15) is 0 Å². The molecule has 19 heavy (non-hydrogen) atoms. The molecule has 1 aliphatic carbocycles. The third-order valence-corrected chi connectivity index (χ3v) is 3.92. The van der Waals surface area contributed by atoms with Crippen LogP contribution in [0.25, 0.3) is 0 Å². The molecule has 1 aromatic rings. The number of carbonyl (C=O) groups excluding carboxylic acids is 1. The highest BCUT2D eigenvalue weighted by atomic mass is 35.5. The second-order valence-electron chi connectivity index (χ2n) is 4.97. The van der Waals surface area contributed by atoms with E-state index < -0.39 is 11.9 Å². The summed E-state index contributed by atoms with van der Waals surface area (Å²) in [6, 6.07) is 7.21. The molecule has 3 atom stereocenters. The molecular weight excluding hydrogens is 266 g/mol. The molecule has 0 heterocycles. The fourth-order valence-electron chi connectivity index (χ4n) is 2.18. The molecule has 0 bridgehead atoms. The molecule has 0 spiro atoms. The predicted octanol–water partition coefficient (Wildman–Crippen LogP) is 2.58. The molecule has 1 aliphatic rings. The Morgan fingerprint density at radius 2 is 2.11 bits per heavy atom. The Labute approximate surface area is 117 Å². The number of carboxylic acid groups (broad SMARTS) is 1. The van der Waals surface area contributed by atoms with Crippen LogP contribution in [-0.2, 0) is 9.59 Å². The van der Waals surface area contributed by atoms with Gasteiger partial charge in [0.25, 0.3) is 0 Å². The number of nitrogens with zero attached hydrogens (tertiary/aromatic N) is 1. The van der Waals surface area contributed by atoms with E-state index in [1.807, 2.05) is 25.1 Å². The summed E-state index contributed by atoms with van der Waals surface area (Å²) < 4.78 is 0. The van der Waals surface area contributed by atoms with Gasteiger partial charge in [0, 0.05) is 12.1 Å². The molecular formula is C14H16ClNO3. The summed E-state index contributed by atoms with van der Waals surface area (Å²) >= 11 is 5.93. The van der Waals surface area contributed by atoms with Gasteiger partial charge in [-0.05, 0) is 31.0 Å². The van der Waals surface area contributed by atoms with Gasteiger partial charge in [-0.1, -0.05) is 23.7 Å². The Morgan fingerprint density at radius 1 is 1.42 bits per heavy atom. The van der Waals surface area contributed by atoms with Crippen molar-refractivity contribution in [2.24, 2.45) is 11.8 Å². The summed E-state index contributed by atoms with van der Waals surface area (Å²) in [6.45, 7) is 1.90. The van der Waals surface area contributed by atoms with Crippen LogP contribution in [0.5, 0.6) is 0 Å². The summed E-state index contributed by atoms with van der Waals surface area (Å²) in [5.41, 5.74) is 0.941. The number of benzene rings is 1. The quantitative estimate of drug-likeness (QED) is 0.923. The van der Waals surface area contributed by atoms with Crippen molar-refractivity contribution in [1.82, 2.24) is 4.90 Å². The zero-order valence-electron chi connectivity index (χ0n) is 10.8. The minimum atomic E-state index is -0.887. The van der Waals surface area contributed by atoms with Crippen LogP contribution in [-0.4, -0.2) is 28.9 Å². The molecule has 0 saturated heterocycles. The number of amides is 1. The molecule has 1 amide bonds. The first-order valence-electron chi connectivity index (χ1n) is 6.16. The maximum atomic E-state index is 12.1. The van der Waals surface area contributed by atoms with Crippen molar-refractivity contribution >= 4 is 23.5 Å². The molecule has 4 nitrogen and oxygen atoms in total. The van der Waals surface area contributed by atoms with E-state index in [1.165, 1.54) is 0 Å². The highest BCUT2D eigenvalue weighted by Gasteiger charge is 2.49. The van der Waals surface area contributed by atoms with Crippen LogP contribution in [0.15, 0.2) is 24.3 Å². The first-order valence-corrected chi connectivity index (χ1v) is 6.54. The second-order valence-corrected chi connectivity index (χ2v) is 5.40. The van der Waals surface area contributed by atoms with E-state index in [0.717, 1.165) is 5.56 Å². The van der Waals surface area contributed by atoms with Gasteiger partial charge >= 0.3 is 5.97 Å². The van der Waals surface area contributed by atoms with Gasteiger partial charge < -0.3 is 10.0 Å². The largest absolute Gasteiger partial charge is 0.481 e. The van der Waals surface area contributed by atoms with Crippen molar-refractivity contribution in [3.63, 3.8) is 0 Å².